The van der Waals surface area contributed by atoms with Crippen molar-refractivity contribution in [2.75, 3.05) is 33.9 Å². The van der Waals surface area contributed by atoms with Gasteiger partial charge in [0.15, 0.2) is 6.61 Å². The lowest BCUT2D eigenvalue weighted by Crippen LogP contribution is -2.54. The van der Waals surface area contributed by atoms with Crippen LogP contribution in [-0.2, 0) is 15.0 Å². The van der Waals surface area contributed by atoms with Gasteiger partial charge in [-0.25, -0.2) is 0 Å². The number of carbonyl (C=O) groups excluding carboxylic acids is 1. The number of hydrogen-bond acceptors (Lipinski definition) is 6. The van der Waals surface area contributed by atoms with E-state index in [9.17, 15) is 9.90 Å². The van der Waals surface area contributed by atoms with Gasteiger partial charge < -0.3 is 24.9 Å². The molecule has 47 heavy (non-hydrogen) atoms. The Morgan fingerprint density at radius 2 is 1.85 bits per heavy atom. The van der Waals surface area contributed by atoms with Crippen LogP contribution in [-0.4, -0.2) is 67.1 Å². The summed E-state index contributed by atoms with van der Waals surface area (Å²) in [6.07, 6.45) is 18.0. The van der Waals surface area contributed by atoms with Crippen molar-refractivity contribution in [3.05, 3.63) is 41.5 Å². The molecule has 256 valence electrons. The zero-order valence-corrected chi connectivity index (χ0v) is 29.6. The average molecular weight is 644 g/mol. The first-order valence-corrected chi connectivity index (χ1v) is 18.1. The number of allylic oxidation sites excluding steroid dienone is 2. The van der Waals surface area contributed by atoms with Gasteiger partial charge in [-0.1, -0.05) is 49.6 Å². The van der Waals surface area contributed by atoms with Crippen molar-refractivity contribution >= 4 is 11.6 Å². The van der Waals surface area contributed by atoms with E-state index in [0.29, 0.717) is 36.3 Å². The number of hydrogen-bond donors (Lipinski definition) is 2. The zero-order chi connectivity index (χ0) is 33.6. The average Bonchev–Trinajstić information content (AvgIpc) is 3.34. The highest BCUT2D eigenvalue weighted by atomic mass is 16.6. The Morgan fingerprint density at radius 3 is 2.57 bits per heavy atom. The molecule has 0 radical (unpaired) electrons. The second-order valence-electron chi connectivity index (χ2n) is 16.2. The lowest BCUT2D eigenvalue weighted by molar-refractivity contribution is -0.125. The van der Waals surface area contributed by atoms with Crippen molar-refractivity contribution in [3.63, 3.8) is 0 Å². The van der Waals surface area contributed by atoms with E-state index in [1.807, 2.05) is 12.1 Å². The maximum absolute atomic E-state index is 12.9. The molecule has 3 saturated carbocycles. The molecule has 9 atom stereocenters. The van der Waals surface area contributed by atoms with Gasteiger partial charge in [0.05, 0.1) is 12.8 Å². The number of nitrogens with zero attached hydrogens (tertiary/aromatic N) is 2. The van der Waals surface area contributed by atoms with Crippen LogP contribution in [0.4, 0.5) is 0 Å². The summed E-state index contributed by atoms with van der Waals surface area (Å²) >= 11 is 0. The van der Waals surface area contributed by atoms with Gasteiger partial charge in [-0.05, 0) is 131 Å². The third-order valence-electron chi connectivity index (χ3n) is 14.2. The lowest BCUT2D eigenvalue weighted by atomic mass is 9.46. The van der Waals surface area contributed by atoms with Crippen LogP contribution in [0.2, 0.25) is 0 Å². The smallest absolute Gasteiger partial charge is 0.260 e. The monoisotopic (exact) mass is 643 g/mol. The maximum atomic E-state index is 12.9. The Hall–Kier alpha value is -2.82. The Kier molecular flexibility index (Phi) is 9.35. The molecule has 1 aromatic rings. The van der Waals surface area contributed by atoms with E-state index < -0.39 is 5.60 Å². The summed E-state index contributed by atoms with van der Waals surface area (Å²) in [5.74, 6) is 5.70. The molecule has 6 rings (SSSR count). The Balaban J connectivity index is 1.04. The molecule has 0 aromatic heterocycles. The lowest BCUT2D eigenvalue weighted by Gasteiger charge is -2.58. The predicted molar refractivity (Wildman–Crippen MR) is 187 cm³/mol. The minimum absolute atomic E-state index is 0.0241. The first-order chi connectivity index (χ1) is 22.4. The highest BCUT2D eigenvalue weighted by Gasteiger charge is 2.63. The second-order valence-corrected chi connectivity index (χ2v) is 16.2. The third kappa shape index (κ3) is 5.82. The molecule has 4 aliphatic carbocycles. The number of nitrogens with one attached hydrogen (secondary N) is 1. The predicted octanol–water partition coefficient (Wildman–Crippen LogP) is 6.50. The van der Waals surface area contributed by atoms with E-state index >= 15 is 0 Å². The van der Waals surface area contributed by atoms with Crippen LogP contribution in [0.1, 0.15) is 97.5 Å². The summed E-state index contributed by atoms with van der Waals surface area (Å²) in [6, 6.07) is 8.95. The third-order valence-corrected chi connectivity index (χ3v) is 14.2. The standard InChI is InChI=1S/C40H57N3O4/c1-8-40(45)20-17-35-33-14-11-30-23-31(15-18-37(30,4)34(33)16-19-38(35,40)5)42-47-26-36(44)41-22-21-39(24-28(3)43(6)25-27(39)2)29-9-12-32(46-7)13-10-29/h1,9-10,12-13,23,27-28,33-35,45H,11,14-22,24-26H2,2-7H3,(H,41,44)/b42-31+/t27-,28-,33-,34+,35+,37+,38+,39-,40+/m1/s1. The molecular weight excluding hydrogens is 586 g/mol. The summed E-state index contributed by atoms with van der Waals surface area (Å²) in [5.41, 5.74) is 2.74. The number of piperidine rings is 1. The molecule has 0 unspecified atom stereocenters. The van der Waals surface area contributed by atoms with Gasteiger partial charge in [-0.15, -0.1) is 6.42 Å². The van der Waals surface area contributed by atoms with Crippen LogP contribution in [0.5, 0.6) is 5.75 Å². The summed E-state index contributed by atoms with van der Waals surface area (Å²) < 4.78 is 5.42. The Morgan fingerprint density at radius 1 is 1.11 bits per heavy atom. The van der Waals surface area contributed by atoms with Crippen LogP contribution in [0.3, 0.4) is 0 Å². The number of terminal acetylenes is 1. The van der Waals surface area contributed by atoms with Crippen molar-refractivity contribution in [2.24, 2.45) is 39.7 Å². The number of aliphatic hydroxyl groups is 1. The van der Waals surface area contributed by atoms with E-state index in [4.69, 9.17) is 16.0 Å². The fourth-order valence-corrected chi connectivity index (χ4v) is 11.0. The molecule has 1 heterocycles. The summed E-state index contributed by atoms with van der Waals surface area (Å²) in [6.45, 7) is 10.9. The van der Waals surface area contributed by atoms with Crippen molar-refractivity contribution in [1.82, 2.24) is 10.2 Å². The van der Waals surface area contributed by atoms with E-state index in [2.05, 4.69) is 74.2 Å². The number of methoxy groups -OCH3 is 1. The largest absolute Gasteiger partial charge is 0.497 e. The normalized spacial score (nSPS) is 40.8. The molecule has 5 aliphatic rings. The van der Waals surface area contributed by atoms with Crippen LogP contribution >= 0.6 is 0 Å². The van der Waals surface area contributed by atoms with Crippen LogP contribution in [0.15, 0.2) is 41.1 Å². The van der Waals surface area contributed by atoms with Gasteiger partial charge in [0.1, 0.15) is 11.4 Å². The zero-order valence-electron chi connectivity index (χ0n) is 29.6. The number of ether oxygens (including phenoxy) is 1. The van der Waals surface area contributed by atoms with Crippen molar-refractivity contribution < 1.29 is 19.5 Å². The van der Waals surface area contributed by atoms with Gasteiger partial charge in [-0.3, -0.25) is 4.79 Å². The fraction of sp³-hybridized carbons (Fsp3) is 0.700. The van der Waals surface area contributed by atoms with Crippen LogP contribution < -0.4 is 10.1 Å². The SMILES string of the molecule is C#C[C@]1(O)CC[C@H]2[C@@H]3CCC4=C/C(=N/OCC(=O)NCC[C@@]5(c6ccc(OC)cc6)C[C@@H](C)N(C)C[C@H]5C)CC[C@]4(C)[C@H]3CC[C@@]21C. The van der Waals surface area contributed by atoms with Crippen LogP contribution in [0, 0.1) is 46.8 Å². The maximum Gasteiger partial charge on any atom is 0.260 e. The molecule has 1 amide bonds. The molecule has 7 heteroatoms. The van der Waals surface area contributed by atoms with Crippen LogP contribution in [0.25, 0.3) is 0 Å². The van der Waals surface area contributed by atoms with E-state index in [0.717, 1.165) is 82.2 Å². The number of amides is 1. The van der Waals surface area contributed by atoms with Gasteiger partial charge in [0.2, 0.25) is 0 Å². The molecule has 1 aliphatic heterocycles. The van der Waals surface area contributed by atoms with E-state index in [-0.39, 0.29) is 28.8 Å². The molecule has 2 N–H and O–H groups in total. The number of rotatable bonds is 8. The van der Waals surface area contributed by atoms with Crippen molar-refractivity contribution in [1.29, 1.82) is 0 Å². The fourth-order valence-electron chi connectivity index (χ4n) is 11.0. The molecule has 1 saturated heterocycles. The van der Waals surface area contributed by atoms with Crippen molar-refractivity contribution in [2.45, 2.75) is 109 Å². The molecule has 0 bridgehead atoms. The number of oxime groups is 1. The van der Waals surface area contributed by atoms with Gasteiger partial charge in [0, 0.05) is 30.0 Å². The summed E-state index contributed by atoms with van der Waals surface area (Å²) in [4.78, 5) is 21.0. The highest BCUT2D eigenvalue weighted by Crippen LogP contribution is 2.67. The molecular formula is C40H57N3O4. The molecule has 4 fully saturated rings. The minimum Gasteiger partial charge on any atom is -0.497 e. The van der Waals surface area contributed by atoms with Gasteiger partial charge >= 0.3 is 0 Å². The molecule has 0 spiro atoms. The van der Waals surface area contributed by atoms with Gasteiger partial charge in [0.25, 0.3) is 5.91 Å². The number of carbonyl (C=O) groups is 1. The Bertz CT molecular complexity index is 1430. The molecule has 7 nitrogen and oxygen atoms in total. The Labute approximate surface area is 282 Å². The van der Waals surface area contributed by atoms with Crippen molar-refractivity contribution in [3.8, 4) is 18.1 Å². The van der Waals surface area contributed by atoms with E-state index in [1.165, 1.54) is 11.1 Å². The minimum atomic E-state index is -0.961. The second kappa shape index (κ2) is 12.9. The summed E-state index contributed by atoms with van der Waals surface area (Å²) in [5, 5.41) is 18.9. The number of fused-ring (bicyclic) bond motifs is 5. The quantitative estimate of drug-likeness (QED) is 0.250. The topological polar surface area (TPSA) is 83.4 Å². The first kappa shape index (κ1) is 34.1. The van der Waals surface area contributed by atoms with Gasteiger partial charge in [-0.2, -0.15) is 0 Å². The summed E-state index contributed by atoms with van der Waals surface area (Å²) in [7, 11) is 3.90. The molecule has 1 aromatic carbocycles. The first-order valence-electron chi connectivity index (χ1n) is 18.1. The number of benzene rings is 1. The number of likely N-dealkylation sites (tertiary alicyclic amines) is 1. The highest BCUT2D eigenvalue weighted by molar-refractivity contribution is 5.96. The van der Waals surface area contributed by atoms with E-state index in [1.54, 1.807) is 7.11 Å².